The van der Waals surface area contributed by atoms with Crippen molar-refractivity contribution in [2.45, 2.75) is 25.7 Å². The highest BCUT2D eigenvalue weighted by molar-refractivity contribution is 7.19. The lowest BCUT2D eigenvalue weighted by molar-refractivity contribution is 0.660. The maximum atomic E-state index is 2.53. The van der Waals surface area contributed by atoms with E-state index >= 15 is 0 Å². The number of nitrogens with zero attached hydrogens (tertiary/aromatic N) is 2. The molecule has 0 saturated carbocycles. The maximum Gasteiger partial charge on any atom is 0.101 e. The Labute approximate surface area is 322 Å². The van der Waals surface area contributed by atoms with Crippen LogP contribution in [0.4, 0.5) is 27.8 Å². The van der Waals surface area contributed by atoms with Crippen molar-refractivity contribution < 1.29 is 0 Å². The van der Waals surface area contributed by atoms with Gasteiger partial charge in [0.2, 0.25) is 0 Å². The Balaban J connectivity index is 1.22. The van der Waals surface area contributed by atoms with Gasteiger partial charge in [0.05, 0.1) is 5.69 Å². The van der Waals surface area contributed by atoms with Gasteiger partial charge in [-0.3, -0.25) is 0 Å². The average Bonchev–Trinajstić information content (AvgIpc) is 3.95. The highest BCUT2D eigenvalue weighted by Crippen LogP contribution is 2.56. The second-order valence-electron chi connectivity index (χ2n) is 14.9. The Morgan fingerprint density at radius 1 is 0.519 bits per heavy atom. The van der Waals surface area contributed by atoms with Gasteiger partial charge in [0, 0.05) is 39.5 Å². The molecular weight excluding hydrogens is 673 g/mol. The maximum absolute atomic E-state index is 2.53. The molecule has 3 heteroatoms. The second-order valence-corrected chi connectivity index (χ2v) is 16.0. The number of thiophene rings is 1. The zero-order valence-electron chi connectivity index (χ0n) is 30.5. The van der Waals surface area contributed by atoms with E-state index in [2.05, 4.69) is 206 Å². The summed E-state index contributed by atoms with van der Waals surface area (Å²) >= 11 is 1.84. The first kappa shape index (κ1) is 32.5. The summed E-state index contributed by atoms with van der Waals surface area (Å²) in [6.45, 7) is 5.76. The van der Waals surface area contributed by atoms with Crippen molar-refractivity contribution in [1.82, 2.24) is 0 Å². The fraction of sp³-hybridized carbons (Fsp3) is 0.0980. The van der Waals surface area contributed by atoms with Gasteiger partial charge in [-0.1, -0.05) is 147 Å². The molecule has 0 saturated heterocycles. The zero-order valence-corrected chi connectivity index (χ0v) is 31.4. The van der Waals surface area contributed by atoms with Crippen LogP contribution >= 0.6 is 11.3 Å². The summed E-state index contributed by atoms with van der Waals surface area (Å²) in [4.78, 5) is 6.26. The van der Waals surface area contributed by atoms with E-state index in [4.69, 9.17) is 0 Å². The van der Waals surface area contributed by atoms with Crippen molar-refractivity contribution in [3.05, 3.63) is 199 Å². The molecule has 0 spiro atoms. The minimum atomic E-state index is -0.179. The van der Waals surface area contributed by atoms with Gasteiger partial charge in [-0.15, -0.1) is 11.3 Å². The molecule has 7 aromatic carbocycles. The van der Waals surface area contributed by atoms with Gasteiger partial charge in [-0.2, -0.15) is 0 Å². The van der Waals surface area contributed by atoms with Gasteiger partial charge < -0.3 is 9.80 Å². The summed E-state index contributed by atoms with van der Waals surface area (Å²) in [5, 5.41) is 1.18. The summed E-state index contributed by atoms with van der Waals surface area (Å²) in [5.41, 5.74) is 17.8. The Bertz CT molecular complexity index is 2620. The first-order chi connectivity index (χ1) is 26.5. The molecule has 54 heavy (non-hydrogen) atoms. The Kier molecular flexibility index (Phi) is 7.85. The Hall–Kier alpha value is -6.16. The molecule has 2 nitrogen and oxygen atoms in total. The summed E-state index contributed by atoms with van der Waals surface area (Å²) in [6, 6.07) is 66.9. The van der Waals surface area contributed by atoms with Gasteiger partial charge in [0.25, 0.3) is 0 Å². The van der Waals surface area contributed by atoms with Crippen molar-refractivity contribution in [3.8, 4) is 43.8 Å². The fourth-order valence-electron chi connectivity index (χ4n) is 8.72. The topological polar surface area (TPSA) is 6.48 Å². The molecule has 1 aromatic heterocycles. The number of benzene rings is 7. The van der Waals surface area contributed by atoms with Gasteiger partial charge >= 0.3 is 0 Å². The lowest BCUT2D eigenvalue weighted by atomic mass is 9.81. The molecule has 0 amide bonds. The van der Waals surface area contributed by atoms with Gasteiger partial charge in [0.15, 0.2) is 0 Å². The average molecular weight is 713 g/mol. The molecule has 0 bridgehead atoms. The van der Waals surface area contributed by atoms with Crippen LogP contribution < -0.4 is 9.80 Å². The lowest BCUT2D eigenvalue weighted by Gasteiger charge is -2.29. The molecule has 10 rings (SSSR count). The lowest BCUT2D eigenvalue weighted by Crippen LogP contribution is -2.17. The summed E-state index contributed by atoms with van der Waals surface area (Å²) in [6.07, 6.45) is 1.03. The van der Waals surface area contributed by atoms with Crippen LogP contribution in [0.2, 0.25) is 0 Å². The van der Waals surface area contributed by atoms with E-state index in [0.29, 0.717) is 0 Å². The standard InChI is InChI=1S/C51H40N2S/c1-51(2)45-24-13-12-22-43(45)49-44(42-23-14-19-38-31-32-52(50(38)42)39-20-10-5-11-21-39)33-41(34-46(49)51)53(48-30-29-47(54-48)37-17-8-4-9-18-37)40-27-25-36(26-28-40)35-15-6-3-7-16-35/h3-30,33-34H,31-32H2,1-2H3. The van der Waals surface area contributed by atoms with Crippen LogP contribution in [0, 0.1) is 0 Å². The van der Waals surface area contributed by atoms with Crippen LogP contribution in [0.5, 0.6) is 0 Å². The smallest absolute Gasteiger partial charge is 0.101 e. The van der Waals surface area contributed by atoms with Gasteiger partial charge in [0.1, 0.15) is 5.00 Å². The van der Waals surface area contributed by atoms with E-state index in [1.807, 2.05) is 11.3 Å². The third kappa shape index (κ3) is 5.38. The monoisotopic (exact) mass is 712 g/mol. The van der Waals surface area contributed by atoms with E-state index in [9.17, 15) is 0 Å². The Morgan fingerprint density at radius 3 is 1.93 bits per heavy atom. The van der Waals surface area contributed by atoms with Crippen LogP contribution in [0.25, 0.3) is 43.8 Å². The molecule has 8 aromatic rings. The number of fused-ring (bicyclic) bond motifs is 4. The van der Waals surface area contributed by atoms with Gasteiger partial charge in [-0.05, 0) is 105 Å². The zero-order chi connectivity index (χ0) is 36.2. The van der Waals surface area contributed by atoms with Gasteiger partial charge in [-0.25, -0.2) is 0 Å². The molecule has 2 aliphatic rings. The third-order valence-corrected chi connectivity index (χ3v) is 12.5. The second kappa shape index (κ2) is 13.1. The quantitative estimate of drug-likeness (QED) is 0.162. The van der Waals surface area contributed by atoms with Crippen LogP contribution in [0.15, 0.2) is 182 Å². The fourth-order valence-corrected chi connectivity index (χ4v) is 9.78. The minimum Gasteiger partial charge on any atom is -0.340 e. The van der Waals surface area contributed by atoms with E-state index in [-0.39, 0.29) is 5.41 Å². The third-order valence-electron chi connectivity index (χ3n) is 11.4. The number of para-hydroxylation sites is 2. The van der Waals surface area contributed by atoms with Crippen LogP contribution in [-0.4, -0.2) is 6.54 Å². The molecule has 0 fully saturated rings. The summed E-state index contributed by atoms with van der Waals surface area (Å²) in [7, 11) is 0. The van der Waals surface area contributed by atoms with Crippen molar-refractivity contribution in [3.63, 3.8) is 0 Å². The first-order valence-corrected chi connectivity index (χ1v) is 19.7. The van der Waals surface area contributed by atoms with Crippen LogP contribution in [-0.2, 0) is 11.8 Å². The highest BCUT2D eigenvalue weighted by Gasteiger charge is 2.39. The number of hydrogen-bond donors (Lipinski definition) is 0. The van der Waals surface area contributed by atoms with Crippen molar-refractivity contribution in [1.29, 1.82) is 0 Å². The number of hydrogen-bond acceptors (Lipinski definition) is 3. The molecule has 2 heterocycles. The molecule has 0 radical (unpaired) electrons. The predicted octanol–water partition coefficient (Wildman–Crippen LogP) is 14.2. The molecule has 0 unspecified atom stereocenters. The molecule has 1 aliphatic heterocycles. The minimum absolute atomic E-state index is 0.179. The molecule has 0 N–H and O–H groups in total. The SMILES string of the molecule is CC1(C)c2ccccc2-c2c(-c3cccc4c3N(c3ccccc3)CC4)cc(N(c3ccc(-c4ccccc4)cc3)c3ccc(-c4ccccc4)s3)cc21. The molecule has 260 valence electrons. The number of anilines is 5. The van der Waals surface area contributed by atoms with E-state index in [0.717, 1.165) is 18.7 Å². The normalized spacial score (nSPS) is 13.7. The first-order valence-electron chi connectivity index (χ1n) is 18.9. The summed E-state index contributed by atoms with van der Waals surface area (Å²) in [5.74, 6) is 0. The molecule has 0 atom stereocenters. The highest BCUT2D eigenvalue weighted by atomic mass is 32.1. The largest absolute Gasteiger partial charge is 0.340 e. The van der Waals surface area contributed by atoms with Crippen molar-refractivity contribution in [2.24, 2.45) is 0 Å². The van der Waals surface area contributed by atoms with Crippen LogP contribution in [0.1, 0.15) is 30.5 Å². The predicted molar refractivity (Wildman–Crippen MR) is 230 cm³/mol. The molecular formula is C51H40N2S. The summed E-state index contributed by atoms with van der Waals surface area (Å²) < 4.78 is 0. The van der Waals surface area contributed by atoms with E-state index in [1.165, 1.54) is 82.6 Å². The molecule has 1 aliphatic carbocycles. The van der Waals surface area contributed by atoms with Crippen molar-refractivity contribution in [2.75, 3.05) is 16.3 Å². The Morgan fingerprint density at radius 2 is 1.17 bits per heavy atom. The van der Waals surface area contributed by atoms with E-state index < -0.39 is 0 Å². The van der Waals surface area contributed by atoms with Crippen LogP contribution in [0.3, 0.4) is 0 Å². The van der Waals surface area contributed by atoms with E-state index in [1.54, 1.807) is 0 Å². The number of rotatable bonds is 7. The van der Waals surface area contributed by atoms with Crippen molar-refractivity contribution >= 4 is 39.1 Å².